The van der Waals surface area contributed by atoms with Crippen LogP contribution in [0.4, 0.5) is 54.8 Å². The summed E-state index contributed by atoms with van der Waals surface area (Å²) in [7, 11) is 3.79. The molecule has 0 bridgehead atoms. The van der Waals surface area contributed by atoms with Crippen LogP contribution in [0.25, 0.3) is 0 Å². The molecule has 4 aromatic rings. The fourth-order valence-electron chi connectivity index (χ4n) is 8.53. The molecule has 0 aromatic heterocycles. The number of benzene rings is 4. The minimum absolute atomic E-state index is 0.0474. The molecule has 18 heteroatoms. The van der Waals surface area contributed by atoms with E-state index in [2.05, 4.69) is 10.2 Å². The number of aromatic hydroxyl groups is 1. The molecule has 2 heterocycles. The second-order valence-electron chi connectivity index (χ2n) is 14.5. The second kappa shape index (κ2) is 13.7. The Morgan fingerprint density at radius 2 is 1.29 bits per heavy atom. The average molecular weight is 843 g/mol. The van der Waals surface area contributed by atoms with Crippen LogP contribution in [0.1, 0.15) is 24.3 Å². The molecule has 58 heavy (non-hydrogen) atoms. The van der Waals surface area contributed by atoms with Gasteiger partial charge in [-0.15, -0.1) is 23.2 Å². The van der Waals surface area contributed by atoms with E-state index >= 15 is 8.78 Å². The number of carbonyl (C=O) groups is 4. The lowest BCUT2D eigenvalue weighted by Crippen LogP contribution is -2.60. The molecule has 4 aliphatic rings. The van der Waals surface area contributed by atoms with Crippen molar-refractivity contribution >= 4 is 75.3 Å². The van der Waals surface area contributed by atoms with Crippen molar-refractivity contribution in [1.29, 1.82) is 0 Å². The maximum Gasteiger partial charge on any atom is 0.258 e. The maximum atomic E-state index is 15.3. The number of halogens is 8. The number of allylic oxidation sites excluding steroid dienone is 2. The van der Waals surface area contributed by atoms with Gasteiger partial charge in [0.25, 0.3) is 11.8 Å². The van der Waals surface area contributed by atoms with Crippen molar-refractivity contribution < 1.29 is 50.6 Å². The first-order valence-corrected chi connectivity index (χ1v) is 18.3. The predicted molar refractivity (Wildman–Crippen MR) is 198 cm³/mol. The number of azo groups is 1. The average Bonchev–Trinajstić information content (AvgIpc) is 3.54. The molecular formula is C40H27Cl2F6N5O5. The highest BCUT2D eigenvalue weighted by Crippen LogP contribution is 2.67. The van der Waals surface area contributed by atoms with E-state index in [4.69, 9.17) is 23.2 Å². The van der Waals surface area contributed by atoms with Crippen LogP contribution in [0.2, 0.25) is 0 Å². The third-order valence-corrected chi connectivity index (χ3v) is 12.7. The molecule has 2 saturated heterocycles. The largest absolute Gasteiger partial charge is 0.505 e. The lowest BCUT2D eigenvalue weighted by molar-refractivity contribution is -0.125. The minimum atomic E-state index is -2.92. The number of amides is 4. The second-order valence-corrected chi connectivity index (χ2v) is 15.8. The van der Waals surface area contributed by atoms with Crippen LogP contribution in [0.15, 0.2) is 88.6 Å². The minimum Gasteiger partial charge on any atom is -0.505 e. The zero-order valence-corrected chi connectivity index (χ0v) is 31.5. The Hall–Kier alpha value is -5.74. The van der Waals surface area contributed by atoms with Crippen molar-refractivity contribution in [1.82, 2.24) is 0 Å². The van der Waals surface area contributed by atoms with Gasteiger partial charge in [-0.2, -0.15) is 10.2 Å². The SMILES string of the molecule is CN(C)c1ccc(N=Nc2ccc(N3C(=O)[C@H]4[C@H](CC=C5[C@H]4C[C@@]4(Cl)C(=O)N(c6c(F)c(F)c(F)c(F)c6F)C(=O)[C@@]4(Cl)[C@H]5c4cccc(F)c4O)C3=O)cc2)cc1. The van der Waals surface area contributed by atoms with E-state index in [-0.39, 0.29) is 22.6 Å². The van der Waals surface area contributed by atoms with Crippen LogP contribution in [0, 0.1) is 52.7 Å². The quantitative estimate of drug-likeness (QED) is 0.0396. The molecular weight excluding hydrogens is 815 g/mol. The molecule has 1 saturated carbocycles. The number of anilines is 3. The molecule has 4 amide bonds. The summed E-state index contributed by atoms with van der Waals surface area (Å²) in [4.78, 5) is 53.9. The maximum absolute atomic E-state index is 15.3. The highest BCUT2D eigenvalue weighted by atomic mass is 35.5. The van der Waals surface area contributed by atoms with E-state index < -0.39 is 115 Å². The molecule has 2 aliphatic heterocycles. The molecule has 8 rings (SSSR count). The monoisotopic (exact) mass is 841 g/mol. The predicted octanol–water partition coefficient (Wildman–Crippen LogP) is 8.48. The first kappa shape index (κ1) is 39.1. The highest BCUT2D eigenvalue weighted by molar-refractivity contribution is 6.58. The van der Waals surface area contributed by atoms with Crippen molar-refractivity contribution in [2.24, 2.45) is 28.0 Å². The van der Waals surface area contributed by atoms with Gasteiger partial charge in [0.05, 0.1) is 28.9 Å². The molecule has 3 fully saturated rings. The van der Waals surface area contributed by atoms with Crippen LogP contribution < -0.4 is 14.7 Å². The van der Waals surface area contributed by atoms with Gasteiger partial charge in [-0.3, -0.25) is 24.1 Å². The zero-order valence-electron chi connectivity index (χ0n) is 30.0. The summed E-state index contributed by atoms with van der Waals surface area (Å²) in [6.07, 6.45) is 0.508. The Morgan fingerprint density at radius 3 is 1.88 bits per heavy atom. The third kappa shape index (κ3) is 5.40. The van der Waals surface area contributed by atoms with Gasteiger partial charge in [-0.25, -0.2) is 31.2 Å². The van der Waals surface area contributed by atoms with Gasteiger partial charge in [-0.1, -0.05) is 23.8 Å². The fraction of sp³-hybridized carbons (Fsp3) is 0.250. The van der Waals surface area contributed by atoms with Crippen molar-refractivity contribution in [3.8, 4) is 5.75 Å². The van der Waals surface area contributed by atoms with Gasteiger partial charge in [0.2, 0.25) is 17.6 Å². The van der Waals surface area contributed by atoms with Crippen molar-refractivity contribution in [2.75, 3.05) is 28.8 Å². The molecule has 298 valence electrons. The molecule has 10 nitrogen and oxygen atoms in total. The topological polar surface area (TPSA) is 123 Å². The number of phenolic OH excluding ortho intramolecular Hbond substituents is 1. The Bertz CT molecular complexity index is 2510. The van der Waals surface area contributed by atoms with Gasteiger partial charge in [0.1, 0.15) is 5.69 Å². The van der Waals surface area contributed by atoms with Gasteiger partial charge in [0.15, 0.2) is 44.6 Å². The van der Waals surface area contributed by atoms with Gasteiger partial charge in [-0.05, 0) is 73.4 Å². The lowest BCUT2D eigenvalue weighted by Gasteiger charge is -2.50. The molecule has 0 unspecified atom stereocenters. The molecule has 0 radical (unpaired) electrons. The summed E-state index contributed by atoms with van der Waals surface area (Å²) >= 11 is 14.1. The standard InChI is InChI=1S/C40H27Cl2F6N5O5/c1-51(2)19-10-6-17(7-11-19)49-50-18-8-12-20(13-9-18)52-35(55)22-15-14-21-24(26(22)36(52)56)16-39(41)37(57)53(33-31(47)29(45)28(44)30(46)32(33)48)38(58)40(39,42)27(21)23-4-3-5-25(43)34(23)54/h3-14,22,24,26-27,54H,15-16H2,1-2H3/t22-,24+,26-,27+,39+,40-/m0/s1. The molecule has 4 aromatic carbocycles. The lowest BCUT2D eigenvalue weighted by atomic mass is 9.56. The van der Waals surface area contributed by atoms with Crippen LogP contribution in [-0.2, 0) is 19.2 Å². The van der Waals surface area contributed by atoms with Crippen LogP contribution >= 0.6 is 23.2 Å². The molecule has 2 aliphatic carbocycles. The number of para-hydroxylation sites is 1. The van der Waals surface area contributed by atoms with E-state index in [9.17, 15) is 41.8 Å². The van der Waals surface area contributed by atoms with Crippen LogP contribution in [0.5, 0.6) is 5.75 Å². The molecule has 1 N–H and O–H groups in total. The van der Waals surface area contributed by atoms with Crippen molar-refractivity contribution in [3.05, 3.63) is 119 Å². The number of hydrogen-bond donors (Lipinski definition) is 1. The first-order chi connectivity index (χ1) is 27.4. The van der Waals surface area contributed by atoms with Crippen molar-refractivity contribution in [2.45, 2.75) is 28.5 Å². The van der Waals surface area contributed by atoms with Gasteiger partial charge >= 0.3 is 0 Å². The number of alkyl halides is 2. The van der Waals surface area contributed by atoms with E-state index in [0.717, 1.165) is 28.8 Å². The fourth-order valence-corrected chi connectivity index (χ4v) is 9.46. The van der Waals surface area contributed by atoms with E-state index in [1.807, 2.05) is 31.1 Å². The van der Waals surface area contributed by atoms with Gasteiger partial charge < -0.3 is 10.0 Å². The van der Waals surface area contributed by atoms with Crippen LogP contribution in [0.3, 0.4) is 0 Å². The summed E-state index contributed by atoms with van der Waals surface area (Å²) in [5.74, 6) is -25.3. The summed E-state index contributed by atoms with van der Waals surface area (Å²) in [6.45, 7) is 0. The van der Waals surface area contributed by atoms with E-state index in [1.54, 1.807) is 12.1 Å². The first-order valence-electron chi connectivity index (χ1n) is 17.6. The number of fused-ring (bicyclic) bond motifs is 4. The summed E-state index contributed by atoms with van der Waals surface area (Å²) in [6, 6.07) is 16.4. The normalized spacial score (nSPS) is 26.6. The Labute approximate surface area is 334 Å². The van der Waals surface area contributed by atoms with Crippen LogP contribution in [-0.4, -0.2) is 52.6 Å². The summed E-state index contributed by atoms with van der Waals surface area (Å²) in [5, 5.41) is 19.4. The Balaban J connectivity index is 1.19. The smallest absolute Gasteiger partial charge is 0.258 e. The number of imide groups is 2. The number of nitrogens with zero attached hydrogens (tertiary/aromatic N) is 5. The molecule has 6 atom stereocenters. The number of hydrogen-bond acceptors (Lipinski definition) is 8. The zero-order chi connectivity index (χ0) is 41.7. The summed E-state index contributed by atoms with van der Waals surface area (Å²) < 4.78 is 88.6. The van der Waals surface area contributed by atoms with E-state index in [1.165, 1.54) is 30.3 Å². The highest BCUT2D eigenvalue weighted by Gasteiger charge is 2.77. The number of rotatable bonds is 6. The van der Waals surface area contributed by atoms with E-state index in [0.29, 0.717) is 11.4 Å². The number of phenols is 1. The van der Waals surface area contributed by atoms with Gasteiger partial charge in [0, 0.05) is 31.3 Å². The number of carbonyl (C=O) groups excluding carboxylic acids is 4. The molecule has 0 spiro atoms. The van der Waals surface area contributed by atoms with Crippen molar-refractivity contribution in [3.63, 3.8) is 0 Å². The Kier molecular flexibility index (Phi) is 9.23. The summed E-state index contributed by atoms with van der Waals surface area (Å²) in [5.41, 5.74) is -0.294. The Morgan fingerprint density at radius 1 is 0.724 bits per heavy atom. The third-order valence-electron chi connectivity index (χ3n) is 11.3.